The van der Waals surface area contributed by atoms with Crippen molar-refractivity contribution in [3.63, 3.8) is 0 Å². The molecule has 1 saturated carbocycles. The highest BCUT2D eigenvalue weighted by Crippen LogP contribution is 2.29. The average molecular weight is 237 g/mol. The Bertz CT molecular complexity index is 353. The topological polar surface area (TPSA) is 34.4 Å². The summed E-state index contributed by atoms with van der Waals surface area (Å²) in [5, 5.41) is 3.55. The van der Waals surface area contributed by atoms with Gasteiger partial charge in [0, 0.05) is 18.6 Å². The fraction of sp³-hybridized carbons (Fsp3) is 0.714. The van der Waals surface area contributed by atoms with Crippen LogP contribution in [0.1, 0.15) is 44.6 Å². The smallest absolute Gasteiger partial charge is 0.129 e. The lowest BCUT2D eigenvalue weighted by molar-refractivity contribution is 0.160. The van der Waals surface area contributed by atoms with Crippen molar-refractivity contribution in [3.05, 3.63) is 23.7 Å². The standard InChI is InChI=1S/C14H23NO2/c1-14(2,8-9-15-11-4-5-11)13-7-6-12(17-13)10-16-3/h6-7,11,15H,4-5,8-10H2,1-3H3. The maximum Gasteiger partial charge on any atom is 0.129 e. The maximum atomic E-state index is 5.81. The number of nitrogens with one attached hydrogen (secondary N) is 1. The molecule has 0 aromatic carbocycles. The number of hydrogen-bond donors (Lipinski definition) is 1. The predicted molar refractivity (Wildman–Crippen MR) is 68.1 cm³/mol. The van der Waals surface area contributed by atoms with Gasteiger partial charge in [0.1, 0.15) is 18.1 Å². The van der Waals surface area contributed by atoms with Gasteiger partial charge in [-0.05, 0) is 37.9 Å². The van der Waals surface area contributed by atoms with Crippen LogP contribution in [0.25, 0.3) is 0 Å². The van der Waals surface area contributed by atoms with Crippen LogP contribution in [0.15, 0.2) is 16.5 Å². The van der Waals surface area contributed by atoms with Gasteiger partial charge in [-0.1, -0.05) is 13.8 Å². The Morgan fingerprint density at radius 3 is 2.82 bits per heavy atom. The van der Waals surface area contributed by atoms with Crippen LogP contribution in [-0.4, -0.2) is 19.7 Å². The fourth-order valence-corrected chi connectivity index (χ4v) is 1.96. The van der Waals surface area contributed by atoms with Crippen LogP contribution < -0.4 is 5.32 Å². The zero-order valence-corrected chi connectivity index (χ0v) is 11.1. The quantitative estimate of drug-likeness (QED) is 0.792. The first kappa shape index (κ1) is 12.7. The third-order valence-corrected chi connectivity index (χ3v) is 3.38. The molecule has 2 rings (SSSR count). The normalized spacial score (nSPS) is 16.4. The molecule has 1 aliphatic rings. The van der Waals surface area contributed by atoms with Gasteiger partial charge in [-0.15, -0.1) is 0 Å². The molecule has 3 nitrogen and oxygen atoms in total. The summed E-state index contributed by atoms with van der Waals surface area (Å²) in [5.41, 5.74) is 0.0912. The van der Waals surface area contributed by atoms with Gasteiger partial charge in [0.25, 0.3) is 0 Å². The molecule has 0 atom stereocenters. The largest absolute Gasteiger partial charge is 0.463 e. The molecule has 96 valence electrons. The molecule has 1 N–H and O–H groups in total. The Balaban J connectivity index is 1.87. The van der Waals surface area contributed by atoms with Gasteiger partial charge in [-0.3, -0.25) is 0 Å². The summed E-state index contributed by atoms with van der Waals surface area (Å²) in [5.74, 6) is 1.97. The lowest BCUT2D eigenvalue weighted by Gasteiger charge is -2.22. The van der Waals surface area contributed by atoms with Gasteiger partial charge >= 0.3 is 0 Å². The van der Waals surface area contributed by atoms with Crippen LogP contribution in [0.2, 0.25) is 0 Å². The summed E-state index contributed by atoms with van der Waals surface area (Å²) in [6.45, 7) is 6.09. The first-order valence-electron chi connectivity index (χ1n) is 6.43. The van der Waals surface area contributed by atoms with E-state index in [0.29, 0.717) is 6.61 Å². The third-order valence-electron chi connectivity index (χ3n) is 3.38. The minimum atomic E-state index is 0.0912. The summed E-state index contributed by atoms with van der Waals surface area (Å²) >= 11 is 0. The van der Waals surface area contributed by atoms with Crippen molar-refractivity contribution >= 4 is 0 Å². The van der Waals surface area contributed by atoms with Gasteiger partial charge < -0.3 is 14.5 Å². The summed E-state index contributed by atoms with van der Waals surface area (Å²) in [7, 11) is 1.69. The van der Waals surface area contributed by atoms with E-state index in [2.05, 4.69) is 25.2 Å². The molecule has 1 aromatic heterocycles. The Morgan fingerprint density at radius 2 is 2.18 bits per heavy atom. The molecular weight excluding hydrogens is 214 g/mol. The van der Waals surface area contributed by atoms with Crippen LogP contribution in [0.4, 0.5) is 0 Å². The maximum absolute atomic E-state index is 5.81. The molecule has 1 heterocycles. The lowest BCUT2D eigenvalue weighted by Crippen LogP contribution is -2.26. The van der Waals surface area contributed by atoms with Crippen molar-refractivity contribution in [3.8, 4) is 0 Å². The minimum absolute atomic E-state index is 0.0912. The first-order valence-corrected chi connectivity index (χ1v) is 6.43. The third kappa shape index (κ3) is 3.58. The number of methoxy groups -OCH3 is 1. The molecule has 0 unspecified atom stereocenters. The second-order valence-corrected chi connectivity index (χ2v) is 5.56. The first-order chi connectivity index (χ1) is 8.12. The highest BCUT2D eigenvalue weighted by atomic mass is 16.5. The molecule has 0 bridgehead atoms. The SMILES string of the molecule is COCc1ccc(C(C)(C)CCNC2CC2)o1. The fourth-order valence-electron chi connectivity index (χ4n) is 1.96. The van der Waals surface area contributed by atoms with Crippen LogP contribution in [0.3, 0.4) is 0 Å². The zero-order chi connectivity index (χ0) is 12.3. The molecular formula is C14H23NO2. The van der Waals surface area contributed by atoms with Gasteiger partial charge in [0.15, 0.2) is 0 Å². The van der Waals surface area contributed by atoms with Gasteiger partial charge in [0.2, 0.25) is 0 Å². The Labute approximate surface area is 104 Å². The van der Waals surface area contributed by atoms with Crippen LogP contribution >= 0.6 is 0 Å². The van der Waals surface area contributed by atoms with E-state index in [1.165, 1.54) is 12.8 Å². The van der Waals surface area contributed by atoms with Crippen molar-refractivity contribution in [2.45, 2.75) is 51.2 Å². The molecule has 0 aliphatic heterocycles. The number of rotatable bonds is 7. The summed E-state index contributed by atoms with van der Waals surface area (Å²) < 4.78 is 10.9. The van der Waals surface area contributed by atoms with Crippen molar-refractivity contribution in [2.24, 2.45) is 0 Å². The molecule has 1 fully saturated rings. The average Bonchev–Trinajstić information content (AvgIpc) is 2.96. The molecule has 0 saturated heterocycles. The highest BCUT2D eigenvalue weighted by Gasteiger charge is 2.26. The number of furan rings is 1. The Hall–Kier alpha value is -0.800. The van der Waals surface area contributed by atoms with Crippen LogP contribution in [0.5, 0.6) is 0 Å². The summed E-state index contributed by atoms with van der Waals surface area (Å²) in [6, 6.07) is 4.87. The number of ether oxygens (including phenoxy) is 1. The van der Waals surface area contributed by atoms with Gasteiger partial charge in [-0.25, -0.2) is 0 Å². The van der Waals surface area contributed by atoms with E-state index >= 15 is 0 Å². The van der Waals surface area contributed by atoms with Crippen molar-refractivity contribution in [1.82, 2.24) is 5.32 Å². The van der Waals surface area contributed by atoms with Crippen LogP contribution in [0, 0.1) is 0 Å². The van der Waals surface area contributed by atoms with E-state index in [1.807, 2.05) is 6.07 Å². The number of hydrogen-bond acceptors (Lipinski definition) is 3. The second kappa shape index (κ2) is 5.23. The van der Waals surface area contributed by atoms with E-state index in [4.69, 9.17) is 9.15 Å². The highest BCUT2D eigenvalue weighted by molar-refractivity contribution is 5.15. The molecule has 0 radical (unpaired) electrons. The molecule has 1 aliphatic carbocycles. The van der Waals surface area contributed by atoms with Crippen molar-refractivity contribution in [1.29, 1.82) is 0 Å². The van der Waals surface area contributed by atoms with Crippen molar-refractivity contribution < 1.29 is 9.15 Å². The molecule has 3 heteroatoms. The zero-order valence-electron chi connectivity index (χ0n) is 11.1. The molecule has 1 aromatic rings. The van der Waals surface area contributed by atoms with E-state index in [1.54, 1.807) is 7.11 Å². The predicted octanol–water partition coefficient (Wildman–Crippen LogP) is 2.85. The molecule has 17 heavy (non-hydrogen) atoms. The summed E-state index contributed by atoms with van der Waals surface area (Å²) in [6.07, 6.45) is 3.79. The van der Waals surface area contributed by atoms with Crippen molar-refractivity contribution in [2.75, 3.05) is 13.7 Å². The second-order valence-electron chi connectivity index (χ2n) is 5.56. The molecule has 0 amide bonds. The Morgan fingerprint density at radius 1 is 1.41 bits per heavy atom. The van der Waals surface area contributed by atoms with Crippen LogP contribution in [-0.2, 0) is 16.8 Å². The summed E-state index contributed by atoms with van der Waals surface area (Å²) in [4.78, 5) is 0. The van der Waals surface area contributed by atoms with E-state index in [-0.39, 0.29) is 5.41 Å². The molecule has 0 spiro atoms. The van der Waals surface area contributed by atoms with E-state index in [0.717, 1.165) is 30.5 Å². The Kier molecular flexibility index (Phi) is 3.89. The van der Waals surface area contributed by atoms with Gasteiger partial charge in [-0.2, -0.15) is 0 Å². The monoisotopic (exact) mass is 237 g/mol. The van der Waals surface area contributed by atoms with E-state index in [9.17, 15) is 0 Å². The van der Waals surface area contributed by atoms with E-state index < -0.39 is 0 Å². The lowest BCUT2D eigenvalue weighted by atomic mass is 9.86. The van der Waals surface area contributed by atoms with Gasteiger partial charge in [0.05, 0.1) is 0 Å². The minimum Gasteiger partial charge on any atom is -0.463 e.